The standard InChI is InChI=1S/C25H21ClN4O2S/c26-22-21(17-27-30(24(22)31)19-9-5-2-6-10-19)28-12-14-29(15-13-28)25(32)23-20(11-16-33-23)18-7-3-1-4-8-18/h1-11,16-17H,12-15H2. The Labute approximate surface area is 200 Å². The molecule has 8 heteroatoms. The molecule has 1 saturated heterocycles. The van der Waals surface area contributed by atoms with E-state index in [4.69, 9.17) is 11.6 Å². The maximum Gasteiger partial charge on any atom is 0.292 e. The van der Waals surface area contributed by atoms with Crippen molar-refractivity contribution in [1.29, 1.82) is 0 Å². The molecule has 3 heterocycles. The fourth-order valence-electron chi connectivity index (χ4n) is 4.01. The SMILES string of the molecule is O=C(c1sccc1-c1ccccc1)N1CCN(c2cnn(-c3ccccc3)c(=O)c2Cl)CC1. The van der Waals surface area contributed by atoms with E-state index in [2.05, 4.69) is 5.10 Å². The van der Waals surface area contributed by atoms with Gasteiger partial charge in [-0.05, 0) is 29.1 Å². The number of hydrogen-bond donors (Lipinski definition) is 0. The Morgan fingerprint density at radius 1 is 0.909 bits per heavy atom. The molecule has 0 bridgehead atoms. The van der Waals surface area contributed by atoms with Crippen molar-refractivity contribution in [2.45, 2.75) is 0 Å². The molecule has 4 aromatic rings. The normalized spacial score (nSPS) is 13.8. The van der Waals surface area contributed by atoms with Gasteiger partial charge in [0.05, 0.1) is 22.4 Å². The van der Waals surface area contributed by atoms with E-state index >= 15 is 0 Å². The number of thiophene rings is 1. The van der Waals surface area contributed by atoms with Crippen molar-refractivity contribution in [2.24, 2.45) is 0 Å². The number of halogens is 1. The minimum Gasteiger partial charge on any atom is -0.365 e. The van der Waals surface area contributed by atoms with E-state index in [1.807, 2.05) is 81.9 Å². The molecule has 0 unspecified atom stereocenters. The number of carbonyl (C=O) groups excluding carboxylic acids is 1. The van der Waals surface area contributed by atoms with Gasteiger partial charge in [-0.3, -0.25) is 9.59 Å². The summed E-state index contributed by atoms with van der Waals surface area (Å²) in [5.41, 5.74) is 2.91. The molecule has 6 nitrogen and oxygen atoms in total. The van der Waals surface area contributed by atoms with Crippen LogP contribution < -0.4 is 10.5 Å². The molecule has 166 valence electrons. The third kappa shape index (κ3) is 4.17. The Morgan fingerprint density at radius 3 is 2.27 bits per heavy atom. The molecule has 0 saturated carbocycles. The van der Waals surface area contributed by atoms with E-state index in [0.717, 1.165) is 16.0 Å². The summed E-state index contributed by atoms with van der Waals surface area (Å²) >= 11 is 7.92. The number of anilines is 1. The van der Waals surface area contributed by atoms with Crippen LogP contribution in [0.3, 0.4) is 0 Å². The molecule has 33 heavy (non-hydrogen) atoms. The lowest BCUT2D eigenvalue weighted by atomic mass is 10.1. The zero-order valence-electron chi connectivity index (χ0n) is 17.7. The van der Waals surface area contributed by atoms with Crippen LogP contribution in [0.2, 0.25) is 5.02 Å². The molecule has 1 aliphatic heterocycles. The molecule has 0 N–H and O–H groups in total. The smallest absolute Gasteiger partial charge is 0.292 e. The maximum absolute atomic E-state index is 13.2. The Balaban J connectivity index is 1.31. The molecule has 1 aliphatic rings. The van der Waals surface area contributed by atoms with E-state index in [1.54, 1.807) is 6.20 Å². The van der Waals surface area contributed by atoms with E-state index in [0.29, 0.717) is 37.6 Å². The summed E-state index contributed by atoms with van der Waals surface area (Å²) < 4.78 is 1.30. The molecular formula is C25H21ClN4O2S. The van der Waals surface area contributed by atoms with Crippen LogP contribution in [0.15, 0.2) is 83.1 Å². The minimum absolute atomic E-state index is 0.0345. The third-order valence-electron chi connectivity index (χ3n) is 5.75. The first-order chi connectivity index (χ1) is 16.1. The predicted molar refractivity (Wildman–Crippen MR) is 133 cm³/mol. The van der Waals surface area contributed by atoms with Gasteiger partial charge in [-0.15, -0.1) is 11.3 Å². The van der Waals surface area contributed by atoms with Crippen molar-refractivity contribution in [1.82, 2.24) is 14.7 Å². The van der Waals surface area contributed by atoms with Crippen molar-refractivity contribution in [2.75, 3.05) is 31.1 Å². The summed E-state index contributed by atoms with van der Waals surface area (Å²) in [5, 5.41) is 6.42. The monoisotopic (exact) mass is 476 g/mol. The second-order valence-electron chi connectivity index (χ2n) is 7.70. The van der Waals surface area contributed by atoms with E-state index in [1.165, 1.54) is 16.0 Å². The van der Waals surface area contributed by atoms with Crippen molar-refractivity contribution in [3.63, 3.8) is 0 Å². The van der Waals surface area contributed by atoms with Crippen molar-refractivity contribution in [3.8, 4) is 16.8 Å². The Hall–Kier alpha value is -3.42. The maximum atomic E-state index is 13.2. The number of para-hydroxylation sites is 1. The Morgan fingerprint density at radius 2 is 1.58 bits per heavy atom. The van der Waals surface area contributed by atoms with Gasteiger partial charge in [0.1, 0.15) is 5.02 Å². The molecule has 0 spiro atoms. The van der Waals surface area contributed by atoms with Crippen LogP contribution >= 0.6 is 22.9 Å². The van der Waals surface area contributed by atoms with Gasteiger partial charge in [0.15, 0.2) is 0 Å². The van der Waals surface area contributed by atoms with Crippen LogP contribution in [0.25, 0.3) is 16.8 Å². The highest BCUT2D eigenvalue weighted by molar-refractivity contribution is 7.12. The topological polar surface area (TPSA) is 58.4 Å². The molecule has 5 rings (SSSR count). The number of amides is 1. The number of piperazine rings is 1. The Kier molecular flexibility index (Phi) is 5.98. The number of rotatable bonds is 4. The summed E-state index contributed by atoms with van der Waals surface area (Å²) in [5.74, 6) is 0.0345. The first-order valence-electron chi connectivity index (χ1n) is 10.6. The molecular weight excluding hydrogens is 456 g/mol. The highest BCUT2D eigenvalue weighted by Gasteiger charge is 2.27. The fourth-order valence-corrected chi connectivity index (χ4v) is 5.14. The van der Waals surface area contributed by atoms with Crippen LogP contribution in [0.5, 0.6) is 0 Å². The lowest BCUT2D eigenvalue weighted by Gasteiger charge is -2.36. The van der Waals surface area contributed by atoms with Gasteiger partial charge in [-0.2, -0.15) is 9.78 Å². The highest BCUT2D eigenvalue weighted by Crippen LogP contribution is 2.30. The van der Waals surface area contributed by atoms with Gasteiger partial charge in [0, 0.05) is 31.7 Å². The van der Waals surface area contributed by atoms with Crippen LogP contribution in [0, 0.1) is 0 Å². The van der Waals surface area contributed by atoms with Crippen LogP contribution in [-0.2, 0) is 0 Å². The van der Waals surface area contributed by atoms with Crippen LogP contribution in [0.1, 0.15) is 9.67 Å². The first kappa shape index (κ1) is 21.4. The third-order valence-corrected chi connectivity index (χ3v) is 7.01. The summed E-state index contributed by atoms with van der Waals surface area (Å²) in [6, 6.07) is 21.1. The van der Waals surface area contributed by atoms with Crippen LogP contribution in [-0.4, -0.2) is 46.8 Å². The molecule has 2 aromatic heterocycles. The lowest BCUT2D eigenvalue weighted by molar-refractivity contribution is 0.0752. The lowest BCUT2D eigenvalue weighted by Crippen LogP contribution is -2.49. The molecule has 1 amide bonds. The second-order valence-corrected chi connectivity index (χ2v) is 9.00. The Bertz CT molecular complexity index is 1330. The average molecular weight is 477 g/mol. The molecule has 0 radical (unpaired) electrons. The summed E-state index contributed by atoms with van der Waals surface area (Å²) in [6.07, 6.45) is 1.63. The minimum atomic E-state index is -0.357. The zero-order valence-corrected chi connectivity index (χ0v) is 19.3. The van der Waals surface area contributed by atoms with E-state index in [9.17, 15) is 9.59 Å². The molecule has 1 fully saturated rings. The number of nitrogens with zero attached hydrogens (tertiary/aromatic N) is 4. The first-order valence-corrected chi connectivity index (χ1v) is 11.9. The fraction of sp³-hybridized carbons (Fsp3) is 0.160. The van der Waals surface area contributed by atoms with Gasteiger partial charge in [-0.25, -0.2) is 0 Å². The number of hydrogen-bond acceptors (Lipinski definition) is 5. The highest BCUT2D eigenvalue weighted by atomic mass is 35.5. The number of benzene rings is 2. The summed E-state index contributed by atoms with van der Waals surface area (Å²) in [4.78, 5) is 30.7. The zero-order chi connectivity index (χ0) is 22.8. The number of aromatic nitrogens is 2. The molecule has 0 aliphatic carbocycles. The van der Waals surface area contributed by atoms with Gasteiger partial charge in [-0.1, -0.05) is 60.1 Å². The van der Waals surface area contributed by atoms with Gasteiger partial charge >= 0.3 is 0 Å². The van der Waals surface area contributed by atoms with Crippen molar-refractivity contribution >= 4 is 34.5 Å². The second kappa shape index (κ2) is 9.21. The predicted octanol–water partition coefficient (Wildman–Crippen LogP) is 4.58. The van der Waals surface area contributed by atoms with Crippen molar-refractivity contribution in [3.05, 3.63) is 98.6 Å². The van der Waals surface area contributed by atoms with Gasteiger partial charge in [0.25, 0.3) is 11.5 Å². The quantitative estimate of drug-likeness (QED) is 0.432. The molecule has 0 atom stereocenters. The van der Waals surface area contributed by atoms with Gasteiger partial charge < -0.3 is 9.80 Å². The summed E-state index contributed by atoms with van der Waals surface area (Å²) in [7, 11) is 0. The van der Waals surface area contributed by atoms with Crippen molar-refractivity contribution < 1.29 is 4.79 Å². The average Bonchev–Trinajstić information content (AvgIpc) is 3.36. The molecule has 2 aromatic carbocycles. The van der Waals surface area contributed by atoms with E-state index in [-0.39, 0.29) is 16.5 Å². The van der Waals surface area contributed by atoms with Gasteiger partial charge in [0.2, 0.25) is 0 Å². The van der Waals surface area contributed by atoms with E-state index < -0.39 is 0 Å². The summed E-state index contributed by atoms with van der Waals surface area (Å²) in [6.45, 7) is 2.24. The van der Waals surface area contributed by atoms with Crippen LogP contribution in [0.4, 0.5) is 5.69 Å². The largest absolute Gasteiger partial charge is 0.365 e. The number of carbonyl (C=O) groups is 1.